The van der Waals surface area contributed by atoms with E-state index in [-0.39, 0.29) is 5.91 Å². The molecule has 0 fully saturated rings. The Balaban J connectivity index is 1.70. The second-order valence-corrected chi connectivity index (χ2v) is 10.2. The Morgan fingerprint density at radius 1 is 1.34 bits per heavy atom. The number of carbonyl (C=O) groups excluding carboxylic acids is 1. The summed E-state index contributed by atoms with van der Waals surface area (Å²) in [6.07, 6.45) is 1.84. The van der Waals surface area contributed by atoms with Gasteiger partial charge in [-0.1, -0.05) is 32.6 Å². The highest BCUT2D eigenvalue weighted by Gasteiger charge is 2.29. The zero-order valence-electron chi connectivity index (χ0n) is 18.1. The highest BCUT2D eigenvalue weighted by molar-refractivity contribution is 7.23. The van der Waals surface area contributed by atoms with Crippen molar-refractivity contribution in [2.24, 2.45) is 0 Å². The van der Waals surface area contributed by atoms with Crippen LogP contribution in [0.2, 0.25) is 0 Å². The second-order valence-electron chi connectivity index (χ2n) is 8.02. The van der Waals surface area contributed by atoms with Crippen molar-refractivity contribution in [3.8, 4) is 10.6 Å². The van der Waals surface area contributed by atoms with E-state index in [0.717, 1.165) is 41.8 Å². The summed E-state index contributed by atoms with van der Waals surface area (Å²) in [5, 5.41) is 17.4. The van der Waals surface area contributed by atoms with Crippen LogP contribution in [0.4, 0.5) is 9.80 Å². The van der Waals surface area contributed by atoms with Crippen LogP contribution >= 0.6 is 22.7 Å². The van der Waals surface area contributed by atoms with Crippen molar-refractivity contribution in [2.75, 3.05) is 18.4 Å². The molecule has 2 amide bonds. The molecule has 0 saturated carbocycles. The predicted octanol–water partition coefficient (Wildman–Crippen LogP) is 5.03. The quantitative estimate of drug-likeness (QED) is 0.450. The maximum Gasteiger partial charge on any atom is 0.407 e. The molecule has 0 atom stereocenters. The molecule has 0 unspecified atom stereocenters. The zero-order chi connectivity index (χ0) is 22.8. The number of hydrogen-bond donors (Lipinski definition) is 3. The second kappa shape index (κ2) is 9.40. The first-order valence-electron chi connectivity index (χ1n) is 10.5. The lowest BCUT2D eigenvalue weighted by Crippen LogP contribution is -2.34. The lowest BCUT2D eigenvalue weighted by Gasteiger charge is -2.24. The van der Waals surface area contributed by atoms with Gasteiger partial charge in [0, 0.05) is 36.0 Å². The molecular weight excluding hydrogens is 444 g/mol. The van der Waals surface area contributed by atoms with Crippen LogP contribution in [0.1, 0.15) is 36.3 Å². The Hall–Kier alpha value is -2.75. The zero-order valence-corrected chi connectivity index (χ0v) is 19.7. The van der Waals surface area contributed by atoms with Crippen molar-refractivity contribution in [1.82, 2.24) is 15.2 Å². The standard InChI is InChI=1S/C23H26N4O3S2/c1-4-14-5-6-17-16(11-14)25-21(31-17)20-15-8-10-27(23(29)30)12-18(15)32-22(20)26-19(28)7-9-24-13(2)3/h4-6,11,13,24H,1,7-10,12H2,2-3H3,(H,26,28)(H,29,30). The largest absolute Gasteiger partial charge is 0.465 e. The summed E-state index contributed by atoms with van der Waals surface area (Å²) in [5.74, 6) is -0.0665. The number of carbonyl (C=O) groups is 2. The molecule has 0 spiro atoms. The van der Waals surface area contributed by atoms with E-state index in [1.54, 1.807) is 17.4 Å². The summed E-state index contributed by atoms with van der Waals surface area (Å²) >= 11 is 3.04. The summed E-state index contributed by atoms with van der Waals surface area (Å²) in [4.78, 5) is 31.4. The van der Waals surface area contributed by atoms with Crippen LogP contribution in [-0.4, -0.2) is 46.1 Å². The van der Waals surface area contributed by atoms with Gasteiger partial charge in [0.05, 0.1) is 16.8 Å². The number of nitrogens with one attached hydrogen (secondary N) is 2. The number of thiophene rings is 1. The van der Waals surface area contributed by atoms with E-state index in [4.69, 9.17) is 4.98 Å². The molecule has 168 valence electrons. The monoisotopic (exact) mass is 470 g/mol. The van der Waals surface area contributed by atoms with Crippen molar-refractivity contribution in [2.45, 2.75) is 39.3 Å². The van der Waals surface area contributed by atoms with E-state index in [1.807, 2.05) is 32.0 Å². The molecular formula is C23H26N4O3S2. The maximum absolute atomic E-state index is 12.6. The number of nitrogens with zero attached hydrogens (tertiary/aromatic N) is 2. The first-order valence-corrected chi connectivity index (χ1v) is 12.2. The van der Waals surface area contributed by atoms with Gasteiger partial charge in [-0.05, 0) is 29.7 Å². The minimum absolute atomic E-state index is 0.0665. The molecule has 1 aliphatic rings. The summed E-state index contributed by atoms with van der Waals surface area (Å²) in [7, 11) is 0. The van der Waals surface area contributed by atoms with Gasteiger partial charge in [-0.2, -0.15) is 0 Å². The van der Waals surface area contributed by atoms with Gasteiger partial charge < -0.3 is 20.6 Å². The average molecular weight is 471 g/mol. The van der Waals surface area contributed by atoms with E-state index >= 15 is 0 Å². The highest BCUT2D eigenvalue weighted by atomic mass is 32.1. The summed E-state index contributed by atoms with van der Waals surface area (Å²) < 4.78 is 1.06. The minimum Gasteiger partial charge on any atom is -0.465 e. The Kier molecular flexibility index (Phi) is 6.59. The number of aromatic nitrogens is 1. The van der Waals surface area contributed by atoms with Gasteiger partial charge in [-0.25, -0.2) is 9.78 Å². The summed E-state index contributed by atoms with van der Waals surface area (Å²) in [5.41, 5.74) is 3.92. The fourth-order valence-electron chi connectivity index (χ4n) is 3.72. The molecule has 1 aliphatic heterocycles. The fraction of sp³-hybridized carbons (Fsp3) is 0.348. The van der Waals surface area contributed by atoms with Gasteiger partial charge in [0.2, 0.25) is 5.91 Å². The molecule has 0 saturated heterocycles. The number of hydrogen-bond acceptors (Lipinski definition) is 6. The molecule has 0 aliphatic carbocycles. The minimum atomic E-state index is -0.923. The first kappa shape index (κ1) is 22.4. The van der Waals surface area contributed by atoms with Crippen molar-refractivity contribution in [3.63, 3.8) is 0 Å². The van der Waals surface area contributed by atoms with Gasteiger partial charge in [0.25, 0.3) is 0 Å². The Morgan fingerprint density at radius 2 is 2.16 bits per heavy atom. The van der Waals surface area contributed by atoms with Crippen LogP contribution < -0.4 is 10.6 Å². The number of anilines is 1. The average Bonchev–Trinajstić information content (AvgIpc) is 3.32. The van der Waals surface area contributed by atoms with Crippen LogP contribution in [0.3, 0.4) is 0 Å². The molecule has 1 aromatic carbocycles. The molecule has 3 aromatic rings. The van der Waals surface area contributed by atoms with Crippen molar-refractivity contribution in [3.05, 3.63) is 40.8 Å². The van der Waals surface area contributed by atoms with Gasteiger partial charge in [0.15, 0.2) is 0 Å². The van der Waals surface area contributed by atoms with Gasteiger partial charge >= 0.3 is 6.09 Å². The lowest BCUT2D eigenvalue weighted by atomic mass is 10.0. The van der Waals surface area contributed by atoms with Crippen LogP contribution in [0.15, 0.2) is 24.8 Å². The predicted molar refractivity (Wildman–Crippen MR) is 132 cm³/mol. The van der Waals surface area contributed by atoms with Crippen LogP contribution in [0.5, 0.6) is 0 Å². The van der Waals surface area contributed by atoms with E-state index in [2.05, 4.69) is 17.2 Å². The third-order valence-corrected chi connectivity index (χ3v) is 7.53. The van der Waals surface area contributed by atoms with Crippen molar-refractivity contribution >= 4 is 56.0 Å². The fourth-order valence-corrected chi connectivity index (χ4v) is 6.09. The van der Waals surface area contributed by atoms with E-state index < -0.39 is 6.09 Å². The number of carboxylic acid groups (broad SMARTS) is 1. The first-order chi connectivity index (χ1) is 15.4. The number of amides is 2. The van der Waals surface area contributed by atoms with Crippen LogP contribution in [-0.2, 0) is 17.8 Å². The van der Waals surface area contributed by atoms with Gasteiger partial charge in [0.1, 0.15) is 10.0 Å². The smallest absolute Gasteiger partial charge is 0.407 e. The van der Waals surface area contributed by atoms with Gasteiger partial charge in [-0.15, -0.1) is 22.7 Å². The molecule has 0 radical (unpaired) electrons. The van der Waals surface area contributed by atoms with E-state index in [9.17, 15) is 14.7 Å². The lowest BCUT2D eigenvalue weighted by molar-refractivity contribution is -0.116. The molecule has 2 aromatic heterocycles. The molecule has 0 bridgehead atoms. The Bertz CT molecular complexity index is 1180. The van der Waals surface area contributed by atoms with E-state index in [0.29, 0.717) is 38.5 Å². The topological polar surface area (TPSA) is 94.6 Å². The van der Waals surface area contributed by atoms with Crippen LogP contribution in [0.25, 0.3) is 26.9 Å². The molecule has 7 nitrogen and oxygen atoms in total. The molecule has 4 rings (SSSR count). The Morgan fingerprint density at radius 3 is 2.88 bits per heavy atom. The molecule has 32 heavy (non-hydrogen) atoms. The number of benzene rings is 1. The number of thiazole rings is 1. The summed E-state index contributed by atoms with van der Waals surface area (Å²) in [6.45, 7) is 9.28. The third kappa shape index (κ3) is 4.69. The SMILES string of the molecule is C=Cc1ccc2sc(-c3c(NC(=O)CCNC(C)C)sc4c3CCN(C(=O)O)C4)nc2c1. The molecule has 3 heterocycles. The molecule has 9 heteroatoms. The van der Waals surface area contributed by atoms with Crippen molar-refractivity contribution < 1.29 is 14.7 Å². The Labute approximate surface area is 194 Å². The highest BCUT2D eigenvalue weighted by Crippen LogP contribution is 2.45. The summed E-state index contributed by atoms with van der Waals surface area (Å²) in [6, 6.07) is 6.37. The third-order valence-electron chi connectivity index (χ3n) is 5.35. The molecule has 3 N–H and O–H groups in total. The van der Waals surface area contributed by atoms with Crippen LogP contribution in [0, 0.1) is 0 Å². The number of rotatable bonds is 7. The maximum atomic E-state index is 12.6. The van der Waals surface area contributed by atoms with Gasteiger partial charge in [-0.3, -0.25) is 4.79 Å². The van der Waals surface area contributed by atoms with Crippen molar-refractivity contribution in [1.29, 1.82) is 0 Å². The normalized spacial score (nSPS) is 13.4. The number of fused-ring (bicyclic) bond motifs is 2. The van der Waals surface area contributed by atoms with E-state index in [1.165, 1.54) is 16.2 Å².